The number of aromatic nitrogens is 1. The summed E-state index contributed by atoms with van der Waals surface area (Å²) in [5.74, 6) is -0.304. The van der Waals surface area contributed by atoms with Crippen LogP contribution in [0.5, 0.6) is 0 Å². The van der Waals surface area contributed by atoms with Crippen LogP contribution in [0.3, 0.4) is 0 Å². The molecule has 0 atom stereocenters. The van der Waals surface area contributed by atoms with Crippen molar-refractivity contribution in [2.75, 3.05) is 0 Å². The summed E-state index contributed by atoms with van der Waals surface area (Å²) in [5, 5.41) is 10.7. The van der Waals surface area contributed by atoms with Crippen LogP contribution in [-0.4, -0.2) is 10.8 Å². The maximum absolute atomic E-state index is 12.7. The smallest absolute Gasteiger partial charge is 0.205 e. The summed E-state index contributed by atoms with van der Waals surface area (Å²) in [7, 11) is 0. The molecule has 1 heterocycles. The Bertz CT molecular complexity index is 959. The topological polar surface area (TPSA) is 56.6 Å². The van der Waals surface area contributed by atoms with E-state index < -0.39 is 0 Å². The lowest BCUT2D eigenvalue weighted by molar-refractivity contribution is 0.104. The number of hydrogen-bond donors (Lipinski definition) is 1. The van der Waals surface area contributed by atoms with Gasteiger partial charge in [-0.3, -0.25) is 4.79 Å². The van der Waals surface area contributed by atoms with Crippen LogP contribution in [0.4, 0.5) is 0 Å². The quantitative estimate of drug-likeness (QED) is 0.423. The molecule has 23 heavy (non-hydrogen) atoms. The molecule has 4 heteroatoms. The zero-order valence-electron chi connectivity index (χ0n) is 12.4. The predicted octanol–water partition coefficient (Wildman–Crippen LogP) is 4.92. The van der Waals surface area contributed by atoms with Crippen molar-refractivity contribution in [2.24, 2.45) is 0 Å². The van der Waals surface area contributed by atoms with Gasteiger partial charge in [0.15, 0.2) is 0 Å². The third kappa shape index (κ3) is 3.03. The Kier molecular flexibility index (Phi) is 4.01. The highest BCUT2D eigenvalue weighted by Gasteiger charge is 2.16. The van der Waals surface area contributed by atoms with Gasteiger partial charge in [0.2, 0.25) is 5.78 Å². The SMILES string of the molecule is Cc1ccc(/C=C(\C#N)C(=O)c2c[nH]c3cc(Cl)ccc23)cc1. The first kappa shape index (κ1) is 15.1. The Labute approximate surface area is 138 Å². The molecule has 0 spiro atoms. The van der Waals surface area contributed by atoms with Crippen LogP contribution >= 0.6 is 11.6 Å². The first-order valence-corrected chi connectivity index (χ1v) is 7.46. The summed E-state index contributed by atoms with van der Waals surface area (Å²) in [5.41, 5.74) is 3.29. The summed E-state index contributed by atoms with van der Waals surface area (Å²) < 4.78 is 0. The minimum Gasteiger partial charge on any atom is -0.360 e. The van der Waals surface area contributed by atoms with E-state index in [1.54, 1.807) is 30.5 Å². The molecule has 0 amide bonds. The van der Waals surface area contributed by atoms with E-state index in [4.69, 9.17) is 11.6 Å². The average molecular weight is 321 g/mol. The van der Waals surface area contributed by atoms with Gasteiger partial charge in [0.05, 0.1) is 0 Å². The van der Waals surface area contributed by atoms with Crippen molar-refractivity contribution in [3.8, 4) is 6.07 Å². The molecule has 1 aromatic heterocycles. The van der Waals surface area contributed by atoms with Crippen LogP contribution in [0.15, 0.2) is 54.2 Å². The second-order valence-electron chi connectivity index (χ2n) is 5.30. The largest absolute Gasteiger partial charge is 0.360 e. The lowest BCUT2D eigenvalue weighted by Gasteiger charge is -2.00. The van der Waals surface area contributed by atoms with Crippen molar-refractivity contribution >= 4 is 34.4 Å². The number of fused-ring (bicyclic) bond motifs is 1. The lowest BCUT2D eigenvalue weighted by atomic mass is 10.0. The number of carbonyl (C=O) groups excluding carboxylic acids is 1. The molecular weight excluding hydrogens is 308 g/mol. The van der Waals surface area contributed by atoms with Gasteiger partial charge in [-0.15, -0.1) is 0 Å². The van der Waals surface area contributed by atoms with E-state index in [1.807, 2.05) is 37.3 Å². The number of allylic oxidation sites excluding steroid dienone is 1. The zero-order chi connectivity index (χ0) is 16.4. The van der Waals surface area contributed by atoms with Gasteiger partial charge >= 0.3 is 0 Å². The van der Waals surface area contributed by atoms with Crippen LogP contribution in [0.2, 0.25) is 5.02 Å². The molecule has 1 N–H and O–H groups in total. The van der Waals surface area contributed by atoms with Gasteiger partial charge in [0, 0.05) is 27.7 Å². The number of Topliss-reactive ketones (excluding diaryl/α,β-unsaturated/α-hetero) is 1. The fourth-order valence-corrected chi connectivity index (χ4v) is 2.58. The Morgan fingerprint density at radius 2 is 1.96 bits per heavy atom. The number of ketones is 1. The predicted molar refractivity (Wildman–Crippen MR) is 92.4 cm³/mol. The molecule has 3 rings (SSSR count). The number of carbonyl (C=O) groups is 1. The van der Waals surface area contributed by atoms with Crippen molar-refractivity contribution in [3.05, 3.63) is 75.9 Å². The molecule has 0 saturated heterocycles. The lowest BCUT2D eigenvalue weighted by Crippen LogP contribution is -2.01. The summed E-state index contributed by atoms with van der Waals surface area (Å²) >= 11 is 5.95. The van der Waals surface area contributed by atoms with E-state index in [0.29, 0.717) is 10.6 Å². The summed E-state index contributed by atoms with van der Waals surface area (Å²) in [6.45, 7) is 1.99. The van der Waals surface area contributed by atoms with Gasteiger partial charge in [0.25, 0.3) is 0 Å². The van der Waals surface area contributed by atoms with Crippen molar-refractivity contribution in [1.29, 1.82) is 5.26 Å². The van der Waals surface area contributed by atoms with Crippen molar-refractivity contribution in [3.63, 3.8) is 0 Å². The number of H-pyrrole nitrogens is 1. The first-order valence-electron chi connectivity index (χ1n) is 7.08. The Morgan fingerprint density at radius 3 is 2.65 bits per heavy atom. The molecule has 3 aromatic rings. The number of nitrogens with one attached hydrogen (secondary N) is 1. The molecule has 0 unspecified atom stereocenters. The number of nitriles is 1. The van der Waals surface area contributed by atoms with E-state index >= 15 is 0 Å². The number of hydrogen-bond acceptors (Lipinski definition) is 2. The van der Waals surface area contributed by atoms with E-state index in [2.05, 4.69) is 4.98 Å². The summed E-state index contributed by atoms with van der Waals surface area (Å²) in [4.78, 5) is 15.7. The van der Waals surface area contributed by atoms with E-state index in [-0.39, 0.29) is 11.4 Å². The van der Waals surface area contributed by atoms with Gasteiger partial charge in [-0.1, -0.05) is 47.5 Å². The monoisotopic (exact) mass is 320 g/mol. The highest BCUT2D eigenvalue weighted by Crippen LogP contribution is 2.24. The molecule has 0 bridgehead atoms. The number of rotatable bonds is 3. The van der Waals surface area contributed by atoms with E-state index in [0.717, 1.165) is 22.0 Å². The van der Waals surface area contributed by atoms with E-state index in [1.165, 1.54) is 0 Å². The second-order valence-corrected chi connectivity index (χ2v) is 5.74. The standard InChI is InChI=1S/C19H13ClN2O/c1-12-2-4-13(5-3-12)8-14(10-21)19(23)17-11-22-18-9-15(20)6-7-16(17)18/h2-9,11,22H,1H3/b14-8+. The van der Waals surface area contributed by atoms with Crippen LogP contribution < -0.4 is 0 Å². The molecule has 0 radical (unpaired) electrons. The third-order valence-electron chi connectivity index (χ3n) is 3.64. The van der Waals surface area contributed by atoms with Crippen molar-refractivity contribution in [2.45, 2.75) is 6.92 Å². The third-order valence-corrected chi connectivity index (χ3v) is 3.88. The van der Waals surface area contributed by atoms with Crippen LogP contribution in [0, 0.1) is 18.3 Å². The minimum absolute atomic E-state index is 0.102. The Morgan fingerprint density at radius 1 is 1.22 bits per heavy atom. The maximum Gasteiger partial charge on any atom is 0.205 e. The van der Waals surface area contributed by atoms with Gasteiger partial charge in [-0.05, 0) is 30.7 Å². The number of benzene rings is 2. The summed E-state index contributed by atoms with van der Waals surface area (Å²) in [6.07, 6.45) is 3.22. The molecule has 2 aromatic carbocycles. The number of nitrogens with zero attached hydrogens (tertiary/aromatic N) is 1. The fourth-order valence-electron chi connectivity index (χ4n) is 2.41. The van der Waals surface area contributed by atoms with Crippen LogP contribution in [0.25, 0.3) is 17.0 Å². The van der Waals surface area contributed by atoms with Gasteiger partial charge in [-0.2, -0.15) is 5.26 Å². The Balaban J connectivity index is 2.02. The van der Waals surface area contributed by atoms with Gasteiger partial charge in [0.1, 0.15) is 11.6 Å². The summed E-state index contributed by atoms with van der Waals surface area (Å²) in [6, 6.07) is 14.9. The highest BCUT2D eigenvalue weighted by atomic mass is 35.5. The fraction of sp³-hybridized carbons (Fsp3) is 0.0526. The molecule has 0 aliphatic rings. The number of halogens is 1. The zero-order valence-corrected chi connectivity index (χ0v) is 13.2. The molecule has 0 aliphatic carbocycles. The number of aromatic amines is 1. The molecular formula is C19H13ClN2O. The van der Waals surface area contributed by atoms with Gasteiger partial charge in [-0.25, -0.2) is 0 Å². The highest BCUT2D eigenvalue weighted by molar-refractivity contribution is 6.31. The first-order chi connectivity index (χ1) is 11.1. The molecule has 0 fully saturated rings. The number of aryl methyl sites for hydroxylation is 1. The average Bonchev–Trinajstić information content (AvgIpc) is 2.96. The van der Waals surface area contributed by atoms with E-state index in [9.17, 15) is 10.1 Å². The molecule has 3 nitrogen and oxygen atoms in total. The van der Waals surface area contributed by atoms with Crippen molar-refractivity contribution < 1.29 is 4.79 Å². The maximum atomic E-state index is 12.7. The van der Waals surface area contributed by atoms with Gasteiger partial charge < -0.3 is 4.98 Å². The molecule has 112 valence electrons. The minimum atomic E-state index is -0.304. The molecule has 0 aliphatic heterocycles. The van der Waals surface area contributed by atoms with Crippen molar-refractivity contribution in [1.82, 2.24) is 4.98 Å². The van der Waals surface area contributed by atoms with Crippen LogP contribution in [0.1, 0.15) is 21.5 Å². The second kappa shape index (κ2) is 6.12. The normalized spacial score (nSPS) is 11.4. The Hall–Kier alpha value is -2.83. The molecule has 0 saturated carbocycles. The van der Waals surface area contributed by atoms with Crippen LogP contribution in [-0.2, 0) is 0 Å².